The summed E-state index contributed by atoms with van der Waals surface area (Å²) in [5, 5.41) is 3.21. The number of methoxy groups -OCH3 is 1. The number of carbonyl (C=O) groups is 2. The Morgan fingerprint density at radius 3 is 3.11 bits per heavy atom. The molecule has 0 saturated carbocycles. The Hall–Kier alpha value is -1.89. The van der Waals surface area contributed by atoms with Gasteiger partial charge in [-0.15, -0.1) is 0 Å². The third-order valence-electron chi connectivity index (χ3n) is 2.82. The molecule has 0 unspecified atom stereocenters. The lowest BCUT2D eigenvalue weighted by Crippen LogP contribution is -2.56. The SMILES string of the molecule is COC(=O)c1ccnc(NC2CN(BC=O)C2)c1. The van der Waals surface area contributed by atoms with Crippen LogP contribution in [0.1, 0.15) is 10.4 Å². The predicted octanol–water partition coefficient (Wildman–Crippen LogP) is -0.494. The van der Waals surface area contributed by atoms with E-state index in [-0.39, 0.29) is 12.0 Å². The lowest BCUT2D eigenvalue weighted by atomic mass is 9.88. The predicted molar refractivity (Wildman–Crippen MR) is 68.5 cm³/mol. The van der Waals surface area contributed by atoms with Gasteiger partial charge in [-0.25, -0.2) is 9.78 Å². The van der Waals surface area contributed by atoms with Crippen LogP contribution in [0.25, 0.3) is 0 Å². The smallest absolute Gasteiger partial charge is 0.338 e. The molecule has 0 amide bonds. The van der Waals surface area contributed by atoms with Crippen molar-refractivity contribution in [3.8, 4) is 0 Å². The first-order valence-electron chi connectivity index (χ1n) is 5.70. The Morgan fingerprint density at radius 2 is 2.44 bits per heavy atom. The van der Waals surface area contributed by atoms with E-state index in [1.165, 1.54) is 7.11 Å². The summed E-state index contributed by atoms with van der Waals surface area (Å²) in [6.45, 7) is 1.62. The number of hydrogen-bond acceptors (Lipinski definition) is 6. The van der Waals surface area contributed by atoms with Crippen LogP contribution in [-0.4, -0.2) is 55.6 Å². The fraction of sp³-hybridized carbons (Fsp3) is 0.364. The van der Waals surface area contributed by atoms with Crippen molar-refractivity contribution in [3.05, 3.63) is 23.9 Å². The molecule has 0 bridgehead atoms. The van der Waals surface area contributed by atoms with Crippen LogP contribution in [0.15, 0.2) is 18.3 Å². The van der Waals surface area contributed by atoms with Crippen molar-refractivity contribution in [2.75, 3.05) is 25.5 Å². The van der Waals surface area contributed by atoms with E-state index in [0.29, 0.717) is 18.8 Å². The maximum Gasteiger partial charge on any atom is 0.338 e. The summed E-state index contributed by atoms with van der Waals surface area (Å²) in [7, 11) is 1.81. The van der Waals surface area contributed by atoms with Crippen molar-refractivity contribution < 1.29 is 14.3 Å². The number of nitrogens with zero attached hydrogens (tertiary/aromatic N) is 2. The third kappa shape index (κ3) is 2.86. The highest BCUT2D eigenvalue weighted by Gasteiger charge is 2.26. The second kappa shape index (κ2) is 5.64. The average molecular weight is 247 g/mol. The second-order valence-electron chi connectivity index (χ2n) is 4.15. The normalized spacial score (nSPS) is 15.6. The first kappa shape index (κ1) is 12.6. The largest absolute Gasteiger partial charge is 0.465 e. The summed E-state index contributed by atoms with van der Waals surface area (Å²) in [6, 6.07) is 3.54. The van der Waals surface area contributed by atoms with E-state index in [1.54, 1.807) is 18.3 Å². The minimum Gasteiger partial charge on any atom is -0.465 e. The third-order valence-corrected chi connectivity index (χ3v) is 2.82. The minimum absolute atomic E-state index is 0.269. The highest BCUT2D eigenvalue weighted by molar-refractivity contribution is 6.64. The van der Waals surface area contributed by atoms with Gasteiger partial charge in [0.05, 0.1) is 24.9 Å². The monoisotopic (exact) mass is 247 g/mol. The van der Waals surface area contributed by atoms with Gasteiger partial charge in [0.1, 0.15) is 5.82 Å². The van der Waals surface area contributed by atoms with Crippen molar-refractivity contribution >= 4 is 25.4 Å². The lowest BCUT2D eigenvalue weighted by Gasteiger charge is -2.38. The van der Waals surface area contributed by atoms with Gasteiger partial charge in [0, 0.05) is 19.3 Å². The summed E-state index contributed by atoms with van der Waals surface area (Å²) >= 11 is 0. The Bertz CT molecular complexity index is 449. The summed E-state index contributed by atoms with van der Waals surface area (Å²) in [5.74, 6) is 0.269. The summed E-state index contributed by atoms with van der Waals surface area (Å²) in [4.78, 5) is 27.8. The number of esters is 1. The van der Waals surface area contributed by atoms with Gasteiger partial charge in [-0.1, -0.05) is 0 Å². The van der Waals surface area contributed by atoms with Crippen LogP contribution in [0.5, 0.6) is 0 Å². The van der Waals surface area contributed by atoms with Gasteiger partial charge in [-0.05, 0) is 12.1 Å². The molecule has 0 atom stereocenters. The molecule has 1 aliphatic heterocycles. The van der Waals surface area contributed by atoms with Gasteiger partial charge in [0.15, 0.2) is 0 Å². The van der Waals surface area contributed by atoms with Gasteiger partial charge in [-0.2, -0.15) is 0 Å². The molecule has 1 aromatic rings. The van der Waals surface area contributed by atoms with Crippen molar-refractivity contribution in [1.29, 1.82) is 0 Å². The molecule has 2 rings (SSSR count). The molecular formula is C11H14BN3O3. The zero-order valence-corrected chi connectivity index (χ0v) is 10.1. The molecule has 0 radical (unpaired) electrons. The zero-order valence-electron chi connectivity index (χ0n) is 10.1. The van der Waals surface area contributed by atoms with E-state index in [2.05, 4.69) is 15.0 Å². The number of ether oxygens (including phenoxy) is 1. The maximum absolute atomic E-state index is 11.3. The first-order valence-corrected chi connectivity index (χ1v) is 5.70. The van der Waals surface area contributed by atoms with Crippen molar-refractivity contribution in [3.63, 3.8) is 0 Å². The van der Waals surface area contributed by atoms with Gasteiger partial charge >= 0.3 is 5.97 Å². The molecule has 1 N–H and O–H groups in total. The van der Waals surface area contributed by atoms with E-state index in [0.717, 1.165) is 19.3 Å². The standard InChI is InChI=1S/C11H14BN3O3/c1-18-11(17)8-2-3-13-10(4-8)14-9-5-15(6-9)12-7-16/h2-4,7,9,12H,5-6H2,1H3,(H,13,14). The molecule has 1 fully saturated rings. The second-order valence-corrected chi connectivity index (χ2v) is 4.15. The fourth-order valence-corrected chi connectivity index (χ4v) is 1.88. The Labute approximate surface area is 106 Å². The molecule has 94 valence electrons. The zero-order chi connectivity index (χ0) is 13.0. The molecule has 6 nitrogen and oxygen atoms in total. The van der Waals surface area contributed by atoms with Crippen LogP contribution < -0.4 is 5.32 Å². The number of pyridine rings is 1. The van der Waals surface area contributed by atoms with Crippen molar-refractivity contribution in [2.24, 2.45) is 0 Å². The molecule has 0 aromatic carbocycles. The molecule has 2 heterocycles. The minimum atomic E-state index is -0.378. The van der Waals surface area contributed by atoms with E-state index in [9.17, 15) is 9.59 Å². The molecule has 0 aliphatic carbocycles. The van der Waals surface area contributed by atoms with Crippen LogP contribution in [-0.2, 0) is 9.53 Å². The number of hydrogen-bond donors (Lipinski definition) is 1. The molecule has 0 spiro atoms. The van der Waals surface area contributed by atoms with E-state index in [4.69, 9.17) is 0 Å². The van der Waals surface area contributed by atoms with Crippen molar-refractivity contribution in [2.45, 2.75) is 6.04 Å². The van der Waals surface area contributed by atoms with Crippen LogP contribution in [0.3, 0.4) is 0 Å². The number of nitrogens with one attached hydrogen (secondary N) is 1. The molecule has 1 aromatic heterocycles. The molecule has 18 heavy (non-hydrogen) atoms. The topological polar surface area (TPSA) is 71.5 Å². The highest BCUT2D eigenvalue weighted by Crippen LogP contribution is 2.14. The first-order chi connectivity index (χ1) is 8.72. The van der Waals surface area contributed by atoms with Crippen LogP contribution in [0.4, 0.5) is 5.82 Å². The summed E-state index contributed by atoms with van der Waals surface area (Å²) in [5.41, 5.74) is 0.471. The molecule has 1 aliphatic rings. The molecular weight excluding hydrogens is 233 g/mol. The average Bonchev–Trinajstić information content (AvgIpc) is 2.36. The Kier molecular flexibility index (Phi) is 3.94. The van der Waals surface area contributed by atoms with E-state index in [1.807, 2.05) is 4.81 Å². The summed E-state index contributed by atoms with van der Waals surface area (Å²) < 4.78 is 4.64. The van der Waals surface area contributed by atoms with Crippen LogP contribution in [0, 0.1) is 0 Å². The Balaban J connectivity index is 1.91. The van der Waals surface area contributed by atoms with Gasteiger partial charge < -0.3 is 19.7 Å². The quantitative estimate of drug-likeness (QED) is 0.430. The number of rotatable bonds is 5. The molecule has 7 heteroatoms. The van der Waals surface area contributed by atoms with Gasteiger partial charge in [0.2, 0.25) is 0 Å². The number of carbonyl (C=O) groups excluding carboxylic acids is 2. The Morgan fingerprint density at radius 1 is 1.67 bits per heavy atom. The van der Waals surface area contributed by atoms with Crippen molar-refractivity contribution in [1.82, 2.24) is 9.79 Å². The highest BCUT2D eigenvalue weighted by atomic mass is 16.5. The van der Waals surface area contributed by atoms with Gasteiger partial charge in [-0.3, -0.25) is 0 Å². The number of anilines is 1. The van der Waals surface area contributed by atoms with Crippen LogP contribution >= 0.6 is 0 Å². The number of aromatic nitrogens is 1. The fourth-order valence-electron chi connectivity index (χ4n) is 1.88. The van der Waals surface area contributed by atoms with Crippen LogP contribution in [0.2, 0.25) is 0 Å². The maximum atomic E-state index is 11.3. The summed E-state index contributed by atoms with van der Waals surface area (Å²) in [6.07, 6.45) is 2.46. The van der Waals surface area contributed by atoms with E-state index < -0.39 is 0 Å². The van der Waals surface area contributed by atoms with E-state index >= 15 is 0 Å². The lowest BCUT2D eigenvalue weighted by molar-refractivity contribution is 0.0600. The molecule has 1 saturated heterocycles. The van der Waals surface area contributed by atoms with Gasteiger partial charge in [0.25, 0.3) is 7.41 Å².